The molecule has 0 spiro atoms. The maximum absolute atomic E-state index is 13.4. The number of rotatable bonds is 6. The molecule has 0 amide bonds. The first-order valence-corrected chi connectivity index (χ1v) is 13.8. The van der Waals surface area contributed by atoms with Crippen LogP contribution in [-0.4, -0.2) is 99.4 Å². The molecule has 1 aromatic carbocycles. The first-order chi connectivity index (χ1) is 16.9. The molecule has 0 bridgehead atoms. The summed E-state index contributed by atoms with van der Waals surface area (Å²) in [5, 5.41) is 8.90. The number of piperazine rings is 2. The number of ether oxygens (including phenoxy) is 1. The fraction of sp³-hybridized carbons (Fsp3) is 0.583. The van der Waals surface area contributed by atoms with Gasteiger partial charge in [0.1, 0.15) is 5.82 Å². The third-order valence-corrected chi connectivity index (χ3v) is 9.19. The molecular weight excluding hydrogens is 471 g/mol. The van der Waals surface area contributed by atoms with E-state index in [1.165, 1.54) is 35.3 Å². The van der Waals surface area contributed by atoms with Gasteiger partial charge in [-0.15, -0.1) is 10.2 Å². The summed E-state index contributed by atoms with van der Waals surface area (Å²) in [5.74, 6) is 1.19. The summed E-state index contributed by atoms with van der Waals surface area (Å²) in [6.45, 7) is 9.08. The largest absolute Gasteiger partial charge is 0.377 e. The Balaban J connectivity index is 1.14. The molecule has 9 nitrogen and oxygen atoms in total. The predicted octanol–water partition coefficient (Wildman–Crippen LogP) is 1.74. The van der Waals surface area contributed by atoms with Gasteiger partial charge in [-0.05, 0) is 55.7 Å². The molecule has 2 aromatic rings. The van der Waals surface area contributed by atoms with Gasteiger partial charge in [0.05, 0.1) is 11.0 Å². The van der Waals surface area contributed by atoms with E-state index in [1.54, 1.807) is 6.92 Å². The van der Waals surface area contributed by atoms with E-state index in [0.29, 0.717) is 37.8 Å². The Bertz CT molecular complexity index is 1110. The van der Waals surface area contributed by atoms with Crippen LogP contribution in [0.1, 0.15) is 18.4 Å². The van der Waals surface area contributed by atoms with Gasteiger partial charge in [0.15, 0.2) is 11.6 Å². The first kappa shape index (κ1) is 24.4. The van der Waals surface area contributed by atoms with Gasteiger partial charge in [0.25, 0.3) is 0 Å². The van der Waals surface area contributed by atoms with Gasteiger partial charge in [-0.1, -0.05) is 0 Å². The summed E-state index contributed by atoms with van der Waals surface area (Å²) in [4.78, 5) is 6.94. The Hall–Kier alpha value is -2.34. The maximum Gasteiger partial charge on any atom is 0.243 e. The lowest BCUT2D eigenvalue weighted by molar-refractivity contribution is 0.0712. The second-order valence-electron chi connectivity index (χ2n) is 9.47. The monoisotopic (exact) mass is 504 g/mol. The third-order valence-electron chi connectivity index (χ3n) is 7.14. The third kappa shape index (κ3) is 5.42. The molecule has 3 saturated heterocycles. The van der Waals surface area contributed by atoms with Crippen LogP contribution in [0.3, 0.4) is 0 Å². The molecule has 1 unspecified atom stereocenters. The molecule has 5 rings (SSSR count). The second-order valence-corrected chi connectivity index (χ2v) is 11.4. The van der Waals surface area contributed by atoms with Crippen molar-refractivity contribution in [2.45, 2.75) is 30.8 Å². The molecule has 190 valence electrons. The van der Waals surface area contributed by atoms with Gasteiger partial charge >= 0.3 is 0 Å². The number of hydrogen-bond acceptors (Lipinski definition) is 8. The number of sulfonamides is 1. The van der Waals surface area contributed by atoms with E-state index in [-0.39, 0.29) is 4.90 Å². The van der Waals surface area contributed by atoms with Gasteiger partial charge in [0.2, 0.25) is 10.0 Å². The second kappa shape index (κ2) is 10.3. The lowest BCUT2D eigenvalue weighted by atomic mass is 10.2. The van der Waals surface area contributed by atoms with Crippen molar-refractivity contribution in [1.82, 2.24) is 19.4 Å². The summed E-state index contributed by atoms with van der Waals surface area (Å²) in [5.41, 5.74) is 0.418. The Morgan fingerprint density at radius 3 is 2.11 bits per heavy atom. The molecule has 35 heavy (non-hydrogen) atoms. The smallest absolute Gasteiger partial charge is 0.243 e. The Morgan fingerprint density at radius 2 is 1.57 bits per heavy atom. The molecule has 11 heteroatoms. The molecule has 3 fully saturated rings. The van der Waals surface area contributed by atoms with Crippen LogP contribution in [0.5, 0.6) is 0 Å². The Labute approximate surface area is 206 Å². The Morgan fingerprint density at radius 1 is 0.943 bits per heavy atom. The minimum Gasteiger partial charge on any atom is -0.377 e. The molecule has 0 radical (unpaired) electrons. The molecular formula is C24H33FN6O3S. The van der Waals surface area contributed by atoms with Crippen molar-refractivity contribution >= 4 is 21.7 Å². The van der Waals surface area contributed by atoms with E-state index in [4.69, 9.17) is 4.74 Å². The minimum atomic E-state index is -3.66. The summed E-state index contributed by atoms with van der Waals surface area (Å²) in [6, 6.07) is 7.76. The van der Waals surface area contributed by atoms with Crippen LogP contribution in [0.25, 0.3) is 0 Å². The molecule has 4 heterocycles. The van der Waals surface area contributed by atoms with E-state index in [1.807, 2.05) is 12.1 Å². The van der Waals surface area contributed by atoms with Crippen LogP contribution in [0, 0.1) is 12.7 Å². The highest BCUT2D eigenvalue weighted by molar-refractivity contribution is 7.89. The van der Waals surface area contributed by atoms with Crippen LogP contribution >= 0.6 is 0 Å². The standard InChI is InChI=1S/C24H33FN6O3S/c1-19-17-20(25)4-5-22(19)35(32,33)31-14-12-30(13-15-31)24-7-6-23(26-27-24)29-10-8-28(9-11-29)18-21-3-2-16-34-21/h4-7,17,21H,2-3,8-16,18H2,1H3. The van der Waals surface area contributed by atoms with E-state index >= 15 is 0 Å². The summed E-state index contributed by atoms with van der Waals surface area (Å²) in [7, 11) is -3.66. The van der Waals surface area contributed by atoms with Gasteiger partial charge in [0, 0.05) is 65.5 Å². The predicted molar refractivity (Wildman–Crippen MR) is 132 cm³/mol. The molecule has 0 saturated carbocycles. The highest BCUT2D eigenvalue weighted by Gasteiger charge is 2.30. The molecule has 0 aliphatic carbocycles. The summed E-state index contributed by atoms with van der Waals surface area (Å²) in [6.07, 6.45) is 2.72. The highest BCUT2D eigenvalue weighted by Crippen LogP contribution is 2.24. The number of hydrogen-bond donors (Lipinski definition) is 0. The van der Waals surface area contributed by atoms with Crippen LogP contribution in [0.15, 0.2) is 35.2 Å². The molecule has 3 aliphatic rings. The zero-order valence-electron chi connectivity index (χ0n) is 20.1. The van der Waals surface area contributed by atoms with Crippen LogP contribution < -0.4 is 9.80 Å². The normalized spacial score (nSPS) is 22.6. The summed E-state index contributed by atoms with van der Waals surface area (Å²) < 4.78 is 46.7. The number of anilines is 2. The van der Waals surface area contributed by atoms with Crippen molar-refractivity contribution in [3.8, 4) is 0 Å². The number of nitrogens with zero attached hydrogens (tertiary/aromatic N) is 6. The number of halogens is 1. The van der Waals surface area contributed by atoms with Gasteiger partial charge in [-0.2, -0.15) is 4.31 Å². The first-order valence-electron chi connectivity index (χ1n) is 12.3. The number of aryl methyl sites for hydroxylation is 1. The fourth-order valence-electron chi connectivity index (χ4n) is 5.09. The van der Waals surface area contributed by atoms with E-state index in [0.717, 1.165) is 51.0 Å². The van der Waals surface area contributed by atoms with E-state index < -0.39 is 15.8 Å². The van der Waals surface area contributed by atoms with Gasteiger partial charge < -0.3 is 14.5 Å². The zero-order valence-corrected chi connectivity index (χ0v) is 21.0. The topological polar surface area (TPSA) is 82.1 Å². The zero-order chi connectivity index (χ0) is 24.4. The van der Waals surface area contributed by atoms with Crippen LogP contribution in [0.2, 0.25) is 0 Å². The average Bonchev–Trinajstić information content (AvgIpc) is 3.38. The Kier molecular flexibility index (Phi) is 7.19. The van der Waals surface area contributed by atoms with Gasteiger partial charge in [-0.25, -0.2) is 12.8 Å². The molecule has 3 aliphatic heterocycles. The number of benzene rings is 1. The molecule has 1 atom stereocenters. The quantitative estimate of drug-likeness (QED) is 0.589. The van der Waals surface area contributed by atoms with Crippen molar-refractivity contribution in [2.24, 2.45) is 0 Å². The van der Waals surface area contributed by atoms with Crippen molar-refractivity contribution in [1.29, 1.82) is 0 Å². The van der Waals surface area contributed by atoms with Gasteiger partial charge in [-0.3, -0.25) is 4.90 Å². The minimum absolute atomic E-state index is 0.160. The molecule has 0 N–H and O–H groups in total. The number of aromatic nitrogens is 2. The summed E-state index contributed by atoms with van der Waals surface area (Å²) >= 11 is 0. The molecule has 1 aromatic heterocycles. The van der Waals surface area contributed by atoms with Crippen molar-refractivity contribution in [3.05, 3.63) is 41.7 Å². The van der Waals surface area contributed by atoms with E-state index in [2.05, 4.69) is 24.9 Å². The van der Waals surface area contributed by atoms with Crippen LogP contribution in [-0.2, 0) is 14.8 Å². The van der Waals surface area contributed by atoms with Crippen molar-refractivity contribution in [2.75, 3.05) is 75.3 Å². The van der Waals surface area contributed by atoms with Crippen molar-refractivity contribution < 1.29 is 17.5 Å². The maximum atomic E-state index is 13.4. The SMILES string of the molecule is Cc1cc(F)ccc1S(=O)(=O)N1CCN(c2ccc(N3CCN(CC4CCCO4)CC3)nn2)CC1. The van der Waals surface area contributed by atoms with Crippen LogP contribution in [0.4, 0.5) is 16.0 Å². The average molecular weight is 505 g/mol. The highest BCUT2D eigenvalue weighted by atomic mass is 32.2. The lowest BCUT2D eigenvalue weighted by Crippen LogP contribution is -2.49. The van der Waals surface area contributed by atoms with Crippen molar-refractivity contribution in [3.63, 3.8) is 0 Å². The lowest BCUT2D eigenvalue weighted by Gasteiger charge is -2.36. The van der Waals surface area contributed by atoms with E-state index in [9.17, 15) is 12.8 Å². The fourth-order valence-corrected chi connectivity index (χ4v) is 6.72.